The molecule has 1 amide bonds. The standard InChI is InChI=1S/C17H17N5O/c23-17(13-8-18-11-19-9-13)22-7-3-4-12(10-22)16-20-14-5-1-2-6-15(14)21-16/h1-2,5-6,8-9,11-12H,3-4,7,10H2,(H,20,21)/t12-/m0/s1. The lowest BCUT2D eigenvalue weighted by atomic mass is 9.97. The fraction of sp³-hybridized carbons (Fsp3) is 0.294. The van der Waals surface area contributed by atoms with Gasteiger partial charge in [0.15, 0.2) is 0 Å². The van der Waals surface area contributed by atoms with Gasteiger partial charge >= 0.3 is 0 Å². The predicted octanol–water partition coefficient (Wildman–Crippen LogP) is 2.37. The zero-order valence-corrected chi connectivity index (χ0v) is 12.6. The van der Waals surface area contributed by atoms with Gasteiger partial charge < -0.3 is 9.88 Å². The molecular formula is C17H17N5O. The molecule has 0 radical (unpaired) electrons. The second-order valence-corrected chi connectivity index (χ2v) is 5.86. The van der Waals surface area contributed by atoms with Crippen molar-refractivity contribution in [3.63, 3.8) is 0 Å². The summed E-state index contributed by atoms with van der Waals surface area (Å²) in [6.45, 7) is 1.44. The van der Waals surface area contributed by atoms with Crippen LogP contribution in [0.1, 0.15) is 34.9 Å². The molecule has 1 aromatic carbocycles. The molecular weight excluding hydrogens is 290 g/mol. The van der Waals surface area contributed by atoms with Crippen LogP contribution in [0.2, 0.25) is 0 Å². The molecule has 3 heterocycles. The highest BCUT2D eigenvalue weighted by atomic mass is 16.2. The summed E-state index contributed by atoms with van der Waals surface area (Å²) in [6.07, 6.45) is 6.58. The molecule has 116 valence electrons. The number of carbonyl (C=O) groups is 1. The minimum atomic E-state index is -0.00795. The Morgan fingerprint density at radius 3 is 2.87 bits per heavy atom. The van der Waals surface area contributed by atoms with Crippen LogP contribution in [0.15, 0.2) is 43.0 Å². The summed E-state index contributed by atoms with van der Waals surface area (Å²) < 4.78 is 0. The summed E-state index contributed by atoms with van der Waals surface area (Å²) >= 11 is 0. The molecule has 0 spiro atoms. The molecule has 0 aliphatic carbocycles. The number of imidazole rings is 1. The summed E-state index contributed by atoms with van der Waals surface area (Å²) in [5.41, 5.74) is 2.56. The minimum absolute atomic E-state index is 0.00795. The molecule has 1 fully saturated rings. The summed E-state index contributed by atoms with van der Waals surface area (Å²) in [6, 6.07) is 8.01. The van der Waals surface area contributed by atoms with Gasteiger partial charge in [0.05, 0.1) is 16.6 Å². The van der Waals surface area contributed by atoms with Gasteiger partial charge in [-0.05, 0) is 25.0 Å². The van der Waals surface area contributed by atoms with Crippen LogP contribution in [0.3, 0.4) is 0 Å². The lowest BCUT2D eigenvalue weighted by Crippen LogP contribution is -2.39. The van der Waals surface area contributed by atoms with Crippen LogP contribution in [0.4, 0.5) is 0 Å². The van der Waals surface area contributed by atoms with Crippen LogP contribution in [0.25, 0.3) is 11.0 Å². The largest absolute Gasteiger partial charge is 0.342 e. The third-order valence-corrected chi connectivity index (χ3v) is 4.31. The smallest absolute Gasteiger partial charge is 0.257 e. The lowest BCUT2D eigenvalue weighted by molar-refractivity contribution is 0.0704. The highest BCUT2D eigenvalue weighted by Crippen LogP contribution is 2.27. The first-order valence-electron chi connectivity index (χ1n) is 7.80. The van der Waals surface area contributed by atoms with Gasteiger partial charge in [-0.3, -0.25) is 4.79 Å². The van der Waals surface area contributed by atoms with Crippen LogP contribution in [0.5, 0.6) is 0 Å². The van der Waals surface area contributed by atoms with E-state index in [9.17, 15) is 4.79 Å². The van der Waals surface area contributed by atoms with Crippen molar-refractivity contribution in [3.05, 3.63) is 54.4 Å². The Hall–Kier alpha value is -2.76. The Bertz CT molecular complexity index is 796. The molecule has 1 aliphatic rings. The van der Waals surface area contributed by atoms with Crippen molar-refractivity contribution in [1.29, 1.82) is 0 Å². The Morgan fingerprint density at radius 2 is 2.04 bits per heavy atom. The Balaban J connectivity index is 1.56. The molecule has 0 unspecified atom stereocenters. The fourth-order valence-electron chi connectivity index (χ4n) is 3.14. The molecule has 3 aromatic rings. The molecule has 2 aromatic heterocycles. The van der Waals surface area contributed by atoms with Crippen molar-refractivity contribution in [2.75, 3.05) is 13.1 Å². The van der Waals surface area contributed by atoms with E-state index in [-0.39, 0.29) is 11.8 Å². The number of para-hydroxylation sites is 2. The SMILES string of the molecule is O=C(c1cncnc1)N1CCC[C@H](c2nc3ccccc3[nH]2)C1. The second kappa shape index (κ2) is 5.79. The van der Waals surface area contributed by atoms with E-state index in [1.54, 1.807) is 12.4 Å². The number of aromatic amines is 1. The van der Waals surface area contributed by atoms with Gasteiger partial charge in [0.2, 0.25) is 0 Å². The first-order valence-corrected chi connectivity index (χ1v) is 7.80. The van der Waals surface area contributed by atoms with Gasteiger partial charge in [-0.1, -0.05) is 12.1 Å². The van der Waals surface area contributed by atoms with E-state index in [1.807, 2.05) is 29.2 Å². The van der Waals surface area contributed by atoms with E-state index < -0.39 is 0 Å². The van der Waals surface area contributed by atoms with E-state index in [4.69, 9.17) is 0 Å². The molecule has 0 saturated carbocycles. The van der Waals surface area contributed by atoms with Gasteiger partial charge in [0.25, 0.3) is 5.91 Å². The van der Waals surface area contributed by atoms with Crippen molar-refractivity contribution in [2.24, 2.45) is 0 Å². The number of aromatic nitrogens is 4. The maximum atomic E-state index is 12.6. The van der Waals surface area contributed by atoms with Crippen LogP contribution in [0, 0.1) is 0 Å². The van der Waals surface area contributed by atoms with Gasteiger partial charge in [0, 0.05) is 31.4 Å². The second-order valence-electron chi connectivity index (χ2n) is 5.86. The first-order chi connectivity index (χ1) is 11.3. The number of nitrogens with zero attached hydrogens (tertiary/aromatic N) is 4. The van der Waals surface area contributed by atoms with Crippen molar-refractivity contribution >= 4 is 16.9 Å². The molecule has 1 aliphatic heterocycles. The van der Waals surface area contributed by atoms with E-state index in [0.29, 0.717) is 12.1 Å². The Labute approximate surface area is 133 Å². The summed E-state index contributed by atoms with van der Waals surface area (Å²) in [5.74, 6) is 1.20. The molecule has 6 nitrogen and oxygen atoms in total. The number of likely N-dealkylation sites (tertiary alicyclic amines) is 1. The number of carbonyl (C=O) groups excluding carboxylic acids is 1. The quantitative estimate of drug-likeness (QED) is 0.788. The average molecular weight is 307 g/mol. The normalized spacial score (nSPS) is 18.3. The van der Waals surface area contributed by atoms with Gasteiger partial charge in [-0.2, -0.15) is 0 Å². The topological polar surface area (TPSA) is 74.8 Å². The van der Waals surface area contributed by atoms with Crippen LogP contribution >= 0.6 is 0 Å². The van der Waals surface area contributed by atoms with Crippen LogP contribution in [-0.2, 0) is 0 Å². The van der Waals surface area contributed by atoms with E-state index in [0.717, 1.165) is 36.2 Å². The molecule has 4 rings (SSSR count). The van der Waals surface area contributed by atoms with E-state index in [2.05, 4.69) is 19.9 Å². The number of hydrogen-bond acceptors (Lipinski definition) is 4. The number of fused-ring (bicyclic) bond motifs is 1. The van der Waals surface area contributed by atoms with E-state index in [1.165, 1.54) is 6.33 Å². The highest BCUT2D eigenvalue weighted by molar-refractivity contribution is 5.93. The van der Waals surface area contributed by atoms with Gasteiger partial charge in [-0.25, -0.2) is 15.0 Å². The minimum Gasteiger partial charge on any atom is -0.342 e. The number of hydrogen-bond donors (Lipinski definition) is 1. The number of amides is 1. The predicted molar refractivity (Wildman–Crippen MR) is 86.0 cm³/mol. The van der Waals surface area contributed by atoms with Crippen molar-refractivity contribution in [3.8, 4) is 0 Å². The molecule has 1 N–H and O–H groups in total. The maximum absolute atomic E-state index is 12.6. The first kappa shape index (κ1) is 13.9. The molecule has 1 atom stereocenters. The Kier molecular flexibility index (Phi) is 3.49. The van der Waals surface area contributed by atoms with Crippen molar-refractivity contribution in [2.45, 2.75) is 18.8 Å². The summed E-state index contributed by atoms with van der Waals surface area (Å²) in [5, 5.41) is 0. The molecule has 6 heteroatoms. The Morgan fingerprint density at radius 1 is 1.22 bits per heavy atom. The summed E-state index contributed by atoms with van der Waals surface area (Å²) in [7, 11) is 0. The monoisotopic (exact) mass is 307 g/mol. The zero-order chi connectivity index (χ0) is 15.6. The van der Waals surface area contributed by atoms with Crippen molar-refractivity contribution in [1.82, 2.24) is 24.8 Å². The van der Waals surface area contributed by atoms with Crippen molar-refractivity contribution < 1.29 is 4.79 Å². The third-order valence-electron chi connectivity index (χ3n) is 4.31. The van der Waals surface area contributed by atoms with Crippen LogP contribution in [-0.4, -0.2) is 43.8 Å². The number of piperidine rings is 1. The number of benzene rings is 1. The summed E-state index contributed by atoms with van der Waals surface area (Å²) in [4.78, 5) is 30.4. The maximum Gasteiger partial charge on any atom is 0.257 e. The van der Waals surface area contributed by atoms with E-state index >= 15 is 0 Å². The number of H-pyrrole nitrogens is 1. The molecule has 1 saturated heterocycles. The molecule has 23 heavy (non-hydrogen) atoms. The van der Waals surface area contributed by atoms with Gasteiger partial charge in [-0.15, -0.1) is 0 Å². The number of nitrogens with one attached hydrogen (secondary N) is 1. The molecule has 0 bridgehead atoms. The third kappa shape index (κ3) is 2.67. The fourth-order valence-corrected chi connectivity index (χ4v) is 3.14. The number of rotatable bonds is 2. The lowest BCUT2D eigenvalue weighted by Gasteiger charge is -2.31. The zero-order valence-electron chi connectivity index (χ0n) is 12.6. The van der Waals surface area contributed by atoms with Crippen LogP contribution < -0.4 is 0 Å². The average Bonchev–Trinajstić information content (AvgIpc) is 3.06. The highest BCUT2D eigenvalue weighted by Gasteiger charge is 2.27. The van der Waals surface area contributed by atoms with Gasteiger partial charge in [0.1, 0.15) is 12.2 Å².